The summed E-state index contributed by atoms with van der Waals surface area (Å²) in [5, 5.41) is 3.01. The van der Waals surface area contributed by atoms with Gasteiger partial charge in [0.15, 0.2) is 5.82 Å². The number of nitrogens with one attached hydrogen (secondary N) is 1. The molecular weight excluding hydrogens is 412 g/mol. The van der Waals surface area contributed by atoms with Gasteiger partial charge in [0, 0.05) is 11.9 Å². The van der Waals surface area contributed by atoms with E-state index >= 15 is 0 Å². The number of amides is 2. The van der Waals surface area contributed by atoms with Gasteiger partial charge in [0.2, 0.25) is 11.8 Å². The zero-order valence-electron chi connectivity index (χ0n) is 19.3. The highest BCUT2D eigenvalue weighted by atomic mass is 16.2. The highest BCUT2D eigenvalue weighted by molar-refractivity contribution is 6.18. The van der Waals surface area contributed by atoms with Crippen molar-refractivity contribution < 1.29 is 9.59 Å². The van der Waals surface area contributed by atoms with Crippen molar-refractivity contribution in [3.63, 3.8) is 0 Å². The Labute approximate surface area is 194 Å². The smallest absolute Gasteiger partial charge is 0.244 e. The van der Waals surface area contributed by atoms with Gasteiger partial charge in [-0.3, -0.25) is 14.5 Å². The Morgan fingerprint density at radius 1 is 1.03 bits per heavy atom. The van der Waals surface area contributed by atoms with Crippen molar-refractivity contribution in [1.29, 1.82) is 0 Å². The molecule has 1 aliphatic heterocycles. The first-order chi connectivity index (χ1) is 16.0. The molecule has 0 saturated carbocycles. The molecule has 1 aromatic heterocycles. The highest BCUT2D eigenvalue weighted by Crippen LogP contribution is 2.31. The van der Waals surface area contributed by atoms with E-state index in [1.165, 1.54) is 10.5 Å². The van der Waals surface area contributed by atoms with Crippen molar-refractivity contribution >= 4 is 34.7 Å². The minimum atomic E-state index is -0.264. The van der Waals surface area contributed by atoms with Crippen molar-refractivity contribution in [2.24, 2.45) is 4.99 Å². The van der Waals surface area contributed by atoms with E-state index in [-0.39, 0.29) is 24.8 Å². The van der Waals surface area contributed by atoms with Crippen LogP contribution in [0.1, 0.15) is 42.5 Å². The van der Waals surface area contributed by atoms with Gasteiger partial charge in [-0.15, -0.1) is 0 Å². The summed E-state index contributed by atoms with van der Waals surface area (Å²) in [5.74, 6) is -0.0700. The van der Waals surface area contributed by atoms with Gasteiger partial charge in [-0.2, -0.15) is 0 Å². The topological polar surface area (TPSA) is 74.7 Å². The zero-order valence-corrected chi connectivity index (χ0v) is 19.3. The van der Waals surface area contributed by atoms with E-state index in [2.05, 4.69) is 36.3 Å². The van der Waals surface area contributed by atoms with E-state index in [0.29, 0.717) is 17.2 Å². The van der Waals surface area contributed by atoms with Gasteiger partial charge in [0.05, 0.1) is 12.1 Å². The van der Waals surface area contributed by atoms with Crippen molar-refractivity contribution in [2.75, 3.05) is 16.8 Å². The van der Waals surface area contributed by atoms with Crippen molar-refractivity contribution in [3.05, 3.63) is 83.0 Å². The molecule has 0 aliphatic carbocycles. The number of benzene rings is 2. The summed E-state index contributed by atoms with van der Waals surface area (Å²) in [6.07, 6.45) is 3.46. The minimum Gasteiger partial charge on any atom is -0.324 e. The molecule has 2 aromatic carbocycles. The maximum Gasteiger partial charge on any atom is 0.244 e. The Morgan fingerprint density at radius 3 is 2.55 bits per heavy atom. The molecule has 0 fully saturated rings. The fourth-order valence-electron chi connectivity index (χ4n) is 4.01. The molecule has 1 aliphatic rings. The number of nitrogens with zero attached hydrogens (tertiary/aromatic N) is 3. The number of carbonyl (C=O) groups excluding carboxylic acids is 2. The molecule has 1 N–H and O–H groups in total. The highest BCUT2D eigenvalue weighted by Gasteiger charge is 2.28. The largest absolute Gasteiger partial charge is 0.324 e. The Balaban J connectivity index is 1.61. The number of aryl methyl sites for hydroxylation is 3. The molecule has 168 valence electrons. The summed E-state index contributed by atoms with van der Waals surface area (Å²) < 4.78 is 0. The van der Waals surface area contributed by atoms with E-state index in [1.807, 2.05) is 43.3 Å². The summed E-state index contributed by atoms with van der Waals surface area (Å²) in [4.78, 5) is 36.9. The van der Waals surface area contributed by atoms with Crippen LogP contribution in [0.3, 0.4) is 0 Å². The van der Waals surface area contributed by atoms with Gasteiger partial charge in [0.1, 0.15) is 12.2 Å². The normalized spacial score (nSPS) is 13.2. The molecule has 2 amide bonds. The molecule has 6 nitrogen and oxygen atoms in total. The number of aliphatic imine (C=N–C) groups is 1. The second-order valence-corrected chi connectivity index (χ2v) is 8.12. The first kappa shape index (κ1) is 22.4. The molecule has 33 heavy (non-hydrogen) atoms. The number of fused-ring (bicyclic) bond motifs is 1. The fourth-order valence-corrected chi connectivity index (χ4v) is 4.01. The molecule has 0 unspecified atom stereocenters. The maximum absolute atomic E-state index is 13.3. The Bertz CT molecular complexity index is 1220. The number of hydrogen-bond acceptors (Lipinski definition) is 4. The van der Waals surface area contributed by atoms with E-state index in [0.717, 1.165) is 35.2 Å². The molecule has 0 saturated heterocycles. The molecule has 0 spiro atoms. The molecule has 3 aromatic rings. The average Bonchev–Trinajstić information content (AvgIpc) is 2.97. The van der Waals surface area contributed by atoms with E-state index < -0.39 is 0 Å². The number of anilines is 2. The van der Waals surface area contributed by atoms with Gasteiger partial charge in [-0.1, -0.05) is 56.3 Å². The number of hydrogen-bond donors (Lipinski definition) is 1. The third-order valence-corrected chi connectivity index (χ3v) is 5.90. The fraction of sp³-hybridized carbons (Fsp3) is 0.259. The van der Waals surface area contributed by atoms with Crippen LogP contribution in [-0.2, 0) is 22.4 Å². The van der Waals surface area contributed by atoms with Crippen LogP contribution in [0.15, 0.2) is 65.8 Å². The molecule has 6 heteroatoms. The number of aromatic nitrogens is 1. The third-order valence-electron chi connectivity index (χ3n) is 5.90. The standard InChI is InChI=1S/C27H28N4O2/c1-4-19-11-13-21(14-12-19)23-16-25(33)31(27-22(29-23)10-7-15-28-27)17-24(32)30-26-18(3)8-6-9-20(26)5-2/h6-15H,4-5,16-17H2,1-3H3,(H,30,32). The van der Waals surface area contributed by atoms with Crippen LogP contribution < -0.4 is 10.2 Å². The van der Waals surface area contributed by atoms with Gasteiger partial charge in [-0.25, -0.2) is 9.98 Å². The van der Waals surface area contributed by atoms with Crippen molar-refractivity contribution in [1.82, 2.24) is 4.98 Å². The summed E-state index contributed by atoms with van der Waals surface area (Å²) in [5.41, 5.74) is 6.23. The lowest BCUT2D eigenvalue weighted by molar-refractivity contribution is -0.120. The SMILES string of the molecule is CCc1ccc(C2=Nc3cccnc3N(CC(=O)Nc3c(C)cccc3CC)C(=O)C2)cc1. The molecular formula is C27H28N4O2. The number of carbonyl (C=O) groups is 2. The Hall–Kier alpha value is -3.80. The second kappa shape index (κ2) is 9.77. The molecule has 4 rings (SSSR count). The number of pyridine rings is 1. The number of rotatable bonds is 6. The molecule has 2 heterocycles. The van der Waals surface area contributed by atoms with Crippen LogP contribution in [0.5, 0.6) is 0 Å². The van der Waals surface area contributed by atoms with Crippen LogP contribution in [0.25, 0.3) is 0 Å². The van der Waals surface area contributed by atoms with E-state index in [4.69, 9.17) is 4.99 Å². The van der Waals surface area contributed by atoms with Gasteiger partial charge >= 0.3 is 0 Å². The van der Waals surface area contributed by atoms with Crippen LogP contribution in [-0.4, -0.2) is 29.1 Å². The van der Waals surface area contributed by atoms with E-state index in [9.17, 15) is 9.59 Å². The second-order valence-electron chi connectivity index (χ2n) is 8.12. The summed E-state index contributed by atoms with van der Waals surface area (Å²) in [6.45, 7) is 5.99. The Kier molecular flexibility index (Phi) is 6.63. The monoisotopic (exact) mass is 440 g/mol. The Morgan fingerprint density at radius 2 is 1.82 bits per heavy atom. The van der Waals surface area contributed by atoms with Crippen LogP contribution in [0.2, 0.25) is 0 Å². The average molecular weight is 441 g/mol. The molecule has 0 atom stereocenters. The van der Waals surface area contributed by atoms with Crippen molar-refractivity contribution in [3.8, 4) is 0 Å². The lowest BCUT2D eigenvalue weighted by atomic mass is 10.0. The first-order valence-electron chi connectivity index (χ1n) is 11.3. The predicted octanol–water partition coefficient (Wildman–Crippen LogP) is 5.01. The maximum atomic E-state index is 13.3. The number of para-hydroxylation sites is 1. The van der Waals surface area contributed by atoms with E-state index in [1.54, 1.807) is 12.3 Å². The van der Waals surface area contributed by atoms with Crippen molar-refractivity contribution in [2.45, 2.75) is 40.0 Å². The quantitative estimate of drug-likeness (QED) is 0.585. The summed E-state index contributed by atoms with van der Waals surface area (Å²) in [6, 6.07) is 17.6. The predicted molar refractivity (Wildman–Crippen MR) is 132 cm³/mol. The lowest BCUT2D eigenvalue weighted by Crippen LogP contribution is -2.39. The summed E-state index contributed by atoms with van der Waals surface area (Å²) >= 11 is 0. The van der Waals surface area contributed by atoms with Crippen LogP contribution >= 0.6 is 0 Å². The van der Waals surface area contributed by atoms with Crippen LogP contribution in [0.4, 0.5) is 17.2 Å². The van der Waals surface area contributed by atoms with Gasteiger partial charge < -0.3 is 5.32 Å². The third kappa shape index (κ3) is 4.85. The summed E-state index contributed by atoms with van der Waals surface area (Å²) in [7, 11) is 0. The van der Waals surface area contributed by atoms with Crippen LogP contribution in [0, 0.1) is 6.92 Å². The van der Waals surface area contributed by atoms with Gasteiger partial charge in [-0.05, 0) is 54.2 Å². The lowest BCUT2D eigenvalue weighted by Gasteiger charge is -2.21. The van der Waals surface area contributed by atoms with Gasteiger partial charge in [0.25, 0.3) is 0 Å². The minimum absolute atomic E-state index is 0.0969. The first-order valence-corrected chi connectivity index (χ1v) is 11.3. The molecule has 0 bridgehead atoms. The zero-order chi connectivity index (χ0) is 23.4. The molecule has 0 radical (unpaired) electrons.